The maximum atomic E-state index is 12.6. The van der Waals surface area contributed by atoms with Crippen molar-refractivity contribution in [2.75, 3.05) is 26.7 Å². The molecule has 1 N–H and O–H groups in total. The molecule has 0 saturated carbocycles. The Morgan fingerprint density at radius 2 is 2.00 bits per heavy atom. The highest BCUT2D eigenvalue weighted by Gasteiger charge is 2.31. The monoisotopic (exact) mass is 310 g/mol. The molecule has 1 aromatic rings. The molecule has 1 amide bonds. The van der Waals surface area contributed by atoms with Gasteiger partial charge in [0.15, 0.2) is 0 Å². The van der Waals surface area contributed by atoms with Gasteiger partial charge in [-0.15, -0.1) is 12.4 Å². The van der Waals surface area contributed by atoms with Crippen molar-refractivity contribution >= 4 is 18.3 Å². The van der Waals surface area contributed by atoms with E-state index in [-0.39, 0.29) is 24.2 Å². The predicted molar refractivity (Wildman–Crippen MR) is 85.0 cm³/mol. The van der Waals surface area contributed by atoms with Gasteiger partial charge >= 0.3 is 0 Å². The minimum atomic E-state index is -0.0372. The van der Waals surface area contributed by atoms with Crippen LogP contribution < -0.4 is 10.1 Å². The molecule has 0 radical (unpaired) electrons. The smallest absolute Gasteiger partial charge is 0.229 e. The van der Waals surface area contributed by atoms with Crippen LogP contribution in [0.25, 0.3) is 0 Å². The zero-order valence-electron chi connectivity index (χ0n) is 12.4. The Balaban J connectivity index is 0.00000161. The van der Waals surface area contributed by atoms with Crippen molar-refractivity contribution in [1.82, 2.24) is 10.2 Å². The Morgan fingerprint density at radius 3 is 2.76 bits per heavy atom. The number of hydrogen-bond donors (Lipinski definition) is 1. The van der Waals surface area contributed by atoms with E-state index in [9.17, 15) is 4.79 Å². The first-order valence-electron chi connectivity index (χ1n) is 7.44. The minimum Gasteiger partial charge on any atom is -0.492 e. The van der Waals surface area contributed by atoms with E-state index >= 15 is 0 Å². The second kappa shape index (κ2) is 7.14. The number of benzene rings is 1. The zero-order valence-corrected chi connectivity index (χ0v) is 13.2. The molecule has 2 aliphatic rings. The van der Waals surface area contributed by atoms with E-state index < -0.39 is 0 Å². The fraction of sp³-hybridized carbons (Fsp3) is 0.562. The summed E-state index contributed by atoms with van der Waals surface area (Å²) in [5, 5.41) is 3.34. The summed E-state index contributed by atoms with van der Waals surface area (Å²) in [7, 11) is 1.94. The van der Waals surface area contributed by atoms with E-state index in [2.05, 4.69) is 11.4 Å². The van der Waals surface area contributed by atoms with Gasteiger partial charge in [-0.2, -0.15) is 0 Å². The predicted octanol–water partition coefficient (Wildman–Crippen LogP) is 1.87. The molecular weight excluding hydrogens is 288 g/mol. The second-order valence-corrected chi connectivity index (χ2v) is 5.75. The number of hydrogen-bond acceptors (Lipinski definition) is 3. The molecule has 2 aliphatic heterocycles. The molecule has 116 valence electrons. The summed E-state index contributed by atoms with van der Waals surface area (Å²) in [6.45, 7) is 2.52. The van der Waals surface area contributed by atoms with Gasteiger partial charge in [0.2, 0.25) is 5.91 Å². The maximum Gasteiger partial charge on any atom is 0.229 e. The fourth-order valence-corrected chi connectivity index (χ4v) is 3.15. The van der Waals surface area contributed by atoms with Crippen LogP contribution >= 0.6 is 12.4 Å². The van der Waals surface area contributed by atoms with Gasteiger partial charge in [-0.3, -0.25) is 4.79 Å². The second-order valence-electron chi connectivity index (χ2n) is 5.75. The lowest BCUT2D eigenvalue weighted by atomic mass is 9.94. The van der Waals surface area contributed by atoms with Gasteiger partial charge in [0.1, 0.15) is 12.4 Å². The van der Waals surface area contributed by atoms with Crippen LogP contribution in [-0.2, 0) is 11.2 Å². The number of nitrogens with one attached hydrogen (secondary N) is 1. The Bertz CT molecular complexity index is 489. The van der Waals surface area contributed by atoms with Crippen molar-refractivity contribution in [3.05, 3.63) is 29.8 Å². The van der Waals surface area contributed by atoms with Gasteiger partial charge in [-0.05, 0) is 44.0 Å². The van der Waals surface area contributed by atoms with Crippen molar-refractivity contribution in [2.45, 2.75) is 25.3 Å². The first-order chi connectivity index (χ1) is 9.75. The highest BCUT2D eigenvalue weighted by atomic mass is 35.5. The Morgan fingerprint density at radius 1 is 1.29 bits per heavy atom. The first-order valence-corrected chi connectivity index (χ1v) is 7.44. The summed E-state index contributed by atoms with van der Waals surface area (Å²) < 4.78 is 5.73. The number of carbonyl (C=O) groups is 1. The number of ether oxygens (including phenoxy) is 1. The summed E-state index contributed by atoms with van der Waals surface area (Å²) in [5.41, 5.74) is 1.15. The molecular formula is C16H23ClN2O2. The topological polar surface area (TPSA) is 41.6 Å². The average Bonchev–Trinajstić information content (AvgIpc) is 2.54. The van der Waals surface area contributed by atoms with E-state index in [0.29, 0.717) is 12.6 Å². The van der Waals surface area contributed by atoms with E-state index in [1.807, 2.05) is 30.1 Å². The van der Waals surface area contributed by atoms with Crippen molar-refractivity contribution in [1.29, 1.82) is 0 Å². The lowest BCUT2D eigenvalue weighted by molar-refractivity contribution is -0.138. The molecule has 0 bridgehead atoms. The number of rotatable bonds is 2. The van der Waals surface area contributed by atoms with Gasteiger partial charge in [0, 0.05) is 13.1 Å². The minimum absolute atomic E-state index is 0. The molecule has 21 heavy (non-hydrogen) atoms. The molecule has 0 spiro atoms. The van der Waals surface area contributed by atoms with Gasteiger partial charge in [0.05, 0.1) is 5.92 Å². The van der Waals surface area contributed by atoms with Gasteiger partial charge in [-0.25, -0.2) is 0 Å². The highest BCUT2D eigenvalue weighted by molar-refractivity contribution is 5.85. The molecule has 0 aliphatic carbocycles. The number of carbonyl (C=O) groups excluding carboxylic acids is 1. The third kappa shape index (κ3) is 3.50. The molecule has 1 atom stereocenters. The number of halogens is 1. The summed E-state index contributed by atoms with van der Waals surface area (Å²) in [6.07, 6.45) is 2.89. The van der Waals surface area contributed by atoms with Crippen LogP contribution in [0.1, 0.15) is 18.4 Å². The Hall–Kier alpha value is -1.26. The number of para-hydroxylation sites is 1. The van der Waals surface area contributed by atoms with Crippen LogP contribution in [0.4, 0.5) is 0 Å². The van der Waals surface area contributed by atoms with Gasteiger partial charge in [-0.1, -0.05) is 18.2 Å². The number of amides is 1. The molecule has 1 fully saturated rings. The number of nitrogens with zero attached hydrogens (tertiary/aromatic N) is 1. The van der Waals surface area contributed by atoms with Crippen LogP contribution in [0.2, 0.25) is 0 Å². The van der Waals surface area contributed by atoms with E-state index in [0.717, 1.165) is 43.7 Å². The molecule has 1 unspecified atom stereocenters. The van der Waals surface area contributed by atoms with E-state index in [4.69, 9.17) is 4.74 Å². The molecule has 4 nitrogen and oxygen atoms in total. The van der Waals surface area contributed by atoms with E-state index in [1.54, 1.807) is 0 Å². The molecule has 3 rings (SSSR count). The van der Waals surface area contributed by atoms with Crippen molar-refractivity contribution in [3.8, 4) is 5.75 Å². The first kappa shape index (κ1) is 16.1. The Kier molecular flexibility index (Phi) is 5.48. The number of piperidine rings is 1. The lowest BCUT2D eigenvalue weighted by Crippen LogP contribution is -2.47. The van der Waals surface area contributed by atoms with Crippen molar-refractivity contribution in [3.63, 3.8) is 0 Å². The molecule has 0 aromatic heterocycles. The van der Waals surface area contributed by atoms with Crippen molar-refractivity contribution < 1.29 is 9.53 Å². The van der Waals surface area contributed by atoms with Crippen LogP contribution in [0.15, 0.2) is 24.3 Å². The standard InChI is InChI=1S/C16H22N2O2.ClH/c1-18(14-6-8-17-9-7-14)16(19)13-10-12-4-2-3-5-15(12)20-11-13;/h2-5,13-14,17H,6-11H2,1H3;1H. The SMILES string of the molecule is CN(C(=O)C1COc2ccccc2C1)C1CCNCC1.Cl. The fourth-order valence-electron chi connectivity index (χ4n) is 3.15. The molecule has 5 heteroatoms. The normalized spacial score (nSPS) is 21.7. The largest absolute Gasteiger partial charge is 0.492 e. The zero-order chi connectivity index (χ0) is 13.9. The summed E-state index contributed by atoms with van der Waals surface area (Å²) >= 11 is 0. The summed E-state index contributed by atoms with van der Waals surface area (Å²) in [5.74, 6) is 1.12. The van der Waals surface area contributed by atoms with Gasteiger partial charge in [0.25, 0.3) is 0 Å². The molecule has 1 saturated heterocycles. The Labute approximate surface area is 132 Å². The summed E-state index contributed by atoms with van der Waals surface area (Å²) in [4.78, 5) is 14.6. The number of fused-ring (bicyclic) bond motifs is 1. The van der Waals surface area contributed by atoms with Crippen molar-refractivity contribution in [2.24, 2.45) is 5.92 Å². The van der Waals surface area contributed by atoms with Crippen LogP contribution in [-0.4, -0.2) is 43.6 Å². The van der Waals surface area contributed by atoms with Crippen LogP contribution in [0, 0.1) is 5.92 Å². The van der Waals surface area contributed by atoms with E-state index in [1.165, 1.54) is 0 Å². The van der Waals surface area contributed by atoms with Gasteiger partial charge < -0.3 is 15.0 Å². The third-order valence-corrected chi connectivity index (χ3v) is 4.43. The van der Waals surface area contributed by atoms with Crippen LogP contribution in [0.5, 0.6) is 5.75 Å². The lowest BCUT2D eigenvalue weighted by Gasteiger charge is -2.35. The summed E-state index contributed by atoms with van der Waals surface area (Å²) in [6, 6.07) is 8.39. The average molecular weight is 311 g/mol. The quantitative estimate of drug-likeness (QED) is 0.907. The third-order valence-electron chi connectivity index (χ3n) is 4.43. The highest BCUT2D eigenvalue weighted by Crippen LogP contribution is 2.28. The molecule has 1 aromatic carbocycles. The van der Waals surface area contributed by atoms with Crippen LogP contribution in [0.3, 0.4) is 0 Å². The maximum absolute atomic E-state index is 12.6. The molecule has 2 heterocycles.